The van der Waals surface area contributed by atoms with Gasteiger partial charge in [-0.25, -0.2) is 0 Å². The van der Waals surface area contributed by atoms with Gasteiger partial charge in [0.15, 0.2) is 17.1 Å². The van der Waals surface area contributed by atoms with Gasteiger partial charge in [0.1, 0.15) is 23.7 Å². The fourth-order valence-electron chi connectivity index (χ4n) is 7.32. The minimum atomic E-state index is -0.982. The van der Waals surface area contributed by atoms with Crippen molar-refractivity contribution in [3.8, 4) is 34.1 Å². The SMILES string of the molecule is CCC1(OCCO)c2ccccc2-c2c1c1c(c3cc(OC)c(OC)cc23)OC(c2ccccc2)(c2ccc(OCCO)cc2)C=C1. The number of fused-ring (bicyclic) bond motifs is 8. The fraction of sp³-hybridized carbons (Fsp3) is 0.250. The van der Waals surface area contributed by atoms with Crippen LogP contribution in [-0.4, -0.2) is 50.9 Å². The van der Waals surface area contributed by atoms with Crippen LogP contribution >= 0.6 is 0 Å². The number of aliphatic hydroxyl groups is 2. The van der Waals surface area contributed by atoms with Crippen molar-refractivity contribution < 1.29 is 33.9 Å². The number of hydrogen-bond donors (Lipinski definition) is 2. The lowest BCUT2D eigenvalue weighted by Crippen LogP contribution is -2.36. The van der Waals surface area contributed by atoms with Gasteiger partial charge in [0, 0.05) is 27.6 Å². The first-order valence-corrected chi connectivity index (χ1v) is 15.9. The largest absolute Gasteiger partial charge is 0.493 e. The third-order valence-corrected chi connectivity index (χ3v) is 9.37. The molecule has 7 rings (SSSR count). The highest BCUT2D eigenvalue weighted by atomic mass is 16.5. The van der Waals surface area contributed by atoms with Gasteiger partial charge in [0.25, 0.3) is 0 Å². The molecule has 0 aromatic heterocycles. The Bertz CT molecular complexity index is 1950. The quantitative estimate of drug-likeness (QED) is 0.159. The Morgan fingerprint density at radius 2 is 1.40 bits per heavy atom. The molecular weight excluding hydrogens is 592 g/mol. The Balaban J connectivity index is 1.55. The van der Waals surface area contributed by atoms with Crippen LogP contribution in [0.15, 0.2) is 97.1 Å². The van der Waals surface area contributed by atoms with E-state index in [-0.39, 0.29) is 26.4 Å². The summed E-state index contributed by atoms with van der Waals surface area (Å²) < 4.78 is 31.4. The van der Waals surface area contributed by atoms with Crippen molar-refractivity contribution in [1.82, 2.24) is 0 Å². The number of ether oxygens (including phenoxy) is 5. The van der Waals surface area contributed by atoms with Crippen molar-refractivity contribution in [2.45, 2.75) is 24.5 Å². The number of aliphatic hydroxyl groups excluding tert-OH is 2. The summed E-state index contributed by atoms with van der Waals surface area (Å²) in [4.78, 5) is 0. The van der Waals surface area contributed by atoms with Gasteiger partial charge in [-0.15, -0.1) is 0 Å². The summed E-state index contributed by atoms with van der Waals surface area (Å²) in [7, 11) is 3.28. The van der Waals surface area contributed by atoms with E-state index in [0.29, 0.717) is 29.4 Å². The molecule has 2 N–H and O–H groups in total. The van der Waals surface area contributed by atoms with Crippen LogP contribution in [0, 0.1) is 0 Å². The first-order valence-electron chi connectivity index (χ1n) is 15.9. The predicted molar refractivity (Wildman–Crippen MR) is 183 cm³/mol. The molecule has 7 heteroatoms. The van der Waals surface area contributed by atoms with E-state index in [0.717, 1.165) is 49.7 Å². The van der Waals surface area contributed by atoms with Gasteiger partial charge < -0.3 is 33.9 Å². The molecule has 1 aliphatic heterocycles. The minimum absolute atomic E-state index is 0.0604. The highest BCUT2D eigenvalue weighted by Crippen LogP contribution is 2.60. The molecule has 2 aliphatic rings. The van der Waals surface area contributed by atoms with E-state index in [4.69, 9.17) is 23.7 Å². The lowest BCUT2D eigenvalue weighted by Gasteiger charge is -2.39. The lowest BCUT2D eigenvalue weighted by molar-refractivity contribution is -0.0340. The van der Waals surface area contributed by atoms with Gasteiger partial charge in [-0.2, -0.15) is 0 Å². The van der Waals surface area contributed by atoms with Crippen LogP contribution in [0.3, 0.4) is 0 Å². The predicted octanol–water partition coefficient (Wildman–Crippen LogP) is 7.22. The van der Waals surface area contributed by atoms with Crippen LogP contribution in [0.25, 0.3) is 28.0 Å². The van der Waals surface area contributed by atoms with E-state index >= 15 is 0 Å². The van der Waals surface area contributed by atoms with Gasteiger partial charge in [-0.1, -0.05) is 79.7 Å². The standard InChI is InChI=1S/C40H38O7/c1-4-39(46-23-21-42)33-13-9-8-12-29(33)36-31-24-34(43-2)35(44-3)25-32(31)38-30(37(36)39)18-19-40(47-38,26-10-6-5-7-11-26)27-14-16-28(17-15-27)45-22-20-41/h5-19,24-25,41-42H,4,20-23H2,1-3H3. The van der Waals surface area contributed by atoms with Gasteiger partial charge in [0.2, 0.25) is 0 Å². The zero-order chi connectivity index (χ0) is 32.6. The van der Waals surface area contributed by atoms with Gasteiger partial charge in [0.05, 0.1) is 34.0 Å². The van der Waals surface area contributed by atoms with Crippen molar-refractivity contribution in [2.75, 3.05) is 40.6 Å². The van der Waals surface area contributed by atoms with Crippen LogP contribution in [0.5, 0.6) is 23.0 Å². The van der Waals surface area contributed by atoms with Crippen LogP contribution in [-0.2, 0) is 15.9 Å². The van der Waals surface area contributed by atoms with Crippen molar-refractivity contribution in [1.29, 1.82) is 0 Å². The van der Waals surface area contributed by atoms with Crippen LogP contribution < -0.4 is 18.9 Å². The maximum atomic E-state index is 9.94. The molecule has 47 heavy (non-hydrogen) atoms. The summed E-state index contributed by atoms with van der Waals surface area (Å²) in [5, 5.41) is 21.0. The van der Waals surface area contributed by atoms with E-state index in [1.807, 2.05) is 66.7 Å². The molecule has 0 radical (unpaired) electrons. The highest BCUT2D eigenvalue weighted by Gasteiger charge is 2.48. The molecule has 0 amide bonds. The van der Waals surface area contributed by atoms with Crippen LogP contribution in [0.4, 0.5) is 0 Å². The molecule has 1 aliphatic carbocycles. The molecule has 5 aromatic carbocycles. The molecule has 5 aromatic rings. The van der Waals surface area contributed by atoms with E-state index in [1.54, 1.807) is 14.2 Å². The zero-order valence-electron chi connectivity index (χ0n) is 26.8. The second-order valence-corrected chi connectivity index (χ2v) is 11.7. The molecule has 0 saturated carbocycles. The molecule has 0 spiro atoms. The Hall–Kier alpha value is -4.82. The molecule has 2 unspecified atom stereocenters. The maximum Gasteiger partial charge on any atom is 0.178 e. The second kappa shape index (κ2) is 12.4. The first kappa shape index (κ1) is 30.8. The number of hydrogen-bond acceptors (Lipinski definition) is 7. The lowest BCUT2D eigenvalue weighted by atomic mass is 9.79. The number of rotatable bonds is 11. The minimum Gasteiger partial charge on any atom is -0.493 e. The summed E-state index contributed by atoms with van der Waals surface area (Å²) in [5.41, 5.74) is 5.20. The van der Waals surface area contributed by atoms with Crippen molar-refractivity contribution >= 4 is 16.8 Å². The van der Waals surface area contributed by atoms with Crippen LogP contribution in [0.2, 0.25) is 0 Å². The Kier molecular flexibility index (Phi) is 8.14. The van der Waals surface area contributed by atoms with E-state index in [1.165, 1.54) is 0 Å². The Labute approximate surface area is 274 Å². The molecule has 0 fully saturated rings. The van der Waals surface area contributed by atoms with E-state index < -0.39 is 11.2 Å². The van der Waals surface area contributed by atoms with Gasteiger partial charge >= 0.3 is 0 Å². The molecule has 0 bridgehead atoms. The number of benzene rings is 5. The van der Waals surface area contributed by atoms with Gasteiger partial charge in [-0.3, -0.25) is 0 Å². The molecule has 240 valence electrons. The third kappa shape index (κ3) is 4.76. The van der Waals surface area contributed by atoms with Crippen molar-refractivity contribution in [2.24, 2.45) is 0 Å². The Morgan fingerprint density at radius 3 is 2.09 bits per heavy atom. The molecule has 0 saturated heterocycles. The average molecular weight is 631 g/mol. The summed E-state index contributed by atoms with van der Waals surface area (Å²) in [6.45, 7) is 2.37. The molecule has 7 nitrogen and oxygen atoms in total. The summed E-state index contributed by atoms with van der Waals surface area (Å²) >= 11 is 0. The maximum absolute atomic E-state index is 9.94. The third-order valence-electron chi connectivity index (χ3n) is 9.37. The van der Waals surface area contributed by atoms with Crippen LogP contribution in [0.1, 0.15) is 41.2 Å². The van der Waals surface area contributed by atoms with Crippen molar-refractivity contribution in [3.05, 3.63) is 125 Å². The highest BCUT2D eigenvalue weighted by molar-refractivity contribution is 6.09. The monoisotopic (exact) mass is 630 g/mol. The topological polar surface area (TPSA) is 86.6 Å². The zero-order valence-corrected chi connectivity index (χ0v) is 26.8. The number of methoxy groups -OCH3 is 2. The second-order valence-electron chi connectivity index (χ2n) is 11.7. The van der Waals surface area contributed by atoms with E-state index in [2.05, 4.69) is 43.3 Å². The van der Waals surface area contributed by atoms with Crippen molar-refractivity contribution in [3.63, 3.8) is 0 Å². The average Bonchev–Trinajstić information content (AvgIpc) is 3.43. The Morgan fingerprint density at radius 1 is 0.745 bits per heavy atom. The smallest absolute Gasteiger partial charge is 0.178 e. The summed E-state index contributed by atoms with van der Waals surface area (Å²) in [6, 6.07) is 30.3. The molecule has 2 atom stereocenters. The normalized spacial score (nSPS) is 19.1. The molecular formula is C40H38O7. The van der Waals surface area contributed by atoms with Gasteiger partial charge in [-0.05, 0) is 58.8 Å². The summed E-state index contributed by atoms with van der Waals surface area (Å²) in [5.74, 6) is 2.58. The first-order chi connectivity index (χ1) is 23.0. The van der Waals surface area contributed by atoms with E-state index in [9.17, 15) is 10.2 Å². The fourth-order valence-corrected chi connectivity index (χ4v) is 7.32. The summed E-state index contributed by atoms with van der Waals surface area (Å²) in [6.07, 6.45) is 4.93. The molecule has 1 heterocycles.